The number of carbonyl (C=O) groups is 2. The van der Waals surface area contributed by atoms with Crippen molar-refractivity contribution in [2.45, 2.75) is 12.0 Å². The van der Waals surface area contributed by atoms with E-state index in [-0.39, 0.29) is 19.1 Å². The number of methoxy groups -OCH3 is 1. The number of benzene rings is 2. The number of fused-ring (bicyclic) bond motifs is 3. The number of hydrogen-bond acceptors (Lipinski definition) is 4. The van der Waals surface area contributed by atoms with Crippen LogP contribution in [-0.4, -0.2) is 43.5 Å². The van der Waals surface area contributed by atoms with Gasteiger partial charge in [0.15, 0.2) is 6.10 Å². The molecule has 25 heavy (non-hydrogen) atoms. The molecule has 6 nitrogen and oxygen atoms in total. The molecule has 3 rings (SSSR count). The fourth-order valence-electron chi connectivity index (χ4n) is 3.10. The summed E-state index contributed by atoms with van der Waals surface area (Å²) in [7, 11) is 1.28. The first-order valence-corrected chi connectivity index (χ1v) is 7.96. The van der Waals surface area contributed by atoms with E-state index in [2.05, 4.69) is 17.4 Å². The van der Waals surface area contributed by atoms with E-state index >= 15 is 0 Å². The molecule has 0 aliphatic heterocycles. The van der Waals surface area contributed by atoms with Gasteiger partial charge in [-0.05, 0) is 22.3 Å². The van der Waals surface area contributed by atoms with Crippen molar-refractivity contribution in [2.24, 2.45) is 0 Å². The normalized spacial score (nSPS) is 13.6. The van der Waals surface area contributed by atoms with E-state index in [0.717, 1.165) is 22.3 Å². The highest BCUT2D eigenvalue weighted by molar-refractivity contribution is 5.79. The minimum atomic E-state index is -1.14. The Hall–Kier alpha value is -2.86. The maximum atomic E-state index is 11.9. The molecule has 2 aromatic carbocycles. The van der Waals surface area contributed by atoms with Crippen LogP contribution in [0.4, 0.5) is 4.79 Å². The summed E-state index contributed by atoms with van der Waals surface area (Å²) in [5, 5.41) is 11.3. The van der Waals surface area contributed by atoms with Crippen molar-refractivity contribution < 1.29 is 24.2 Å². The third-order valence-electron chi connectivity index (χ3n) is 4.34. The number of aliphatic carboxylic acids is 1. The van der Waals surface area contributed by atoms with Gasteiger partial charge in [-0.1, -0.05) is 48.5 Å². The molecule has 0 heterocycles. The molecule has 2 aromatic rings. The predicted octanol–water partition coefficient (Wildman–Crippen LogP) is 2.62. The van der Waals surface area contributed by atoms with Gasteiger partial charge in [0, 0.05) is 13.0 Å². The summed E-state index contributed by atoms with van der Waals surface area (Å²) in [6.45, 7) is 0.0348. The Morgan fingerprint density at radius 1 is 1.08 bits per heavy atom. The van der Waals surface area contributed by atoms with Crippen LogP contribution in [0.15, 0.2) is 48.5 Å². The van der Waals surface area contributed by atoms with Gasteiger partial charge < -0.3 is 19.9 Å². The van der Waals surface area contributed by atoms with Crippen molar-refractivity contribution in [2.75, 3.05) is 20.3 Å². The molecule has 130 valence electrons. The average Bonchev–Trinajstić information content (AvgIpc) is 2.94. The zero-order valence-corrected chi connectivity index (χ0v) is 13.8. The van der Waals surface area contributed by atoms with Crippen LogP contribution in [0.2, 0.25) is 0 Å². The van der Waals surface area contributed by atoms with Gasteiger partial charge in [0.25, 0.3) is 0 Å². The van der Waals surface area contributed by atoms with E-state index in [4.69, 9.17) is 14.6 Å². The third-order valence-corrected chi connectivity index (χ3v) is 4.34. The van der Waals surface area contributed by atoms with Gasteiger partial charge in [0.05, 0.1) is 6.54 Å². The second-order valence-electron chi connectivity index (χ2n) is 5.77. The van der Waals surface area contributed by atoms with Gasteiger partial charge in [0.2, 0.25) is 0 Å². The summed E-state index contributed by atoms with van der Waals surface area (Å²) in [5.41, 5.74) is 4.54. The topological polar surface area (TPSA) is 84.9 Å². The Kier molecular flexibility index (Phi) is 5.00. The van der Waals surface area contributed by atoms with E-state index in [1.807, 2.05) is 36.4 Å². The highest BCUT2D eigenvalue weighted by atomic mass is 16.5. The molecule has 2 N–H and O–H groups in total. The highest BCUT2D eigenvalue weighted by Gasteiger charge is 2.29. The molecule has 0 bridgehead atoms. The first-order chi connectivity index (χ1) is 12.1. The van der Waals surface area contributed by atoms with E-state index in [1.165, 1.54) is 7.11 Å². The molecular weight excluding hydrogens is 322 g/mol. The van der Waals surface area contributed by atoms with Crippen LogP contribution >= 0.6 is 0 Å². The number of alkyl carbamates (subject to hydrolysis) is 1. The molecule has 0 spiro atoms. The Morgan fingerprint density at radius 3 is 2.16 bits per heavy atom. The van der Waals surface area contributed by atoms with E-state index < -0.39 is 18.2 Å². The average molecular weight is 341 g/mol. The van der Waals surface area contributed by atoms with E-state index in [9.17, 15) is 9.59 Å². The van der Waals surface area contributed by atoms with Crippen LogP contribution in [0.1, 0.15) is 17.0 Å². The summed E-state index contributed by atoms with van der Waals surface area (Å²) >= 11 is 0. The van der Waals surface area contributed by atoms with Crippen molar-refractivity contribution in [1.82, 2.24) is 5.32 Å². The Balaban J connectivity index is 1.65. The van der Waals surface area contributed by atoms with Gasteiger partial charge in [-0.15, -0.1) is 0 Å². The number of rotatable bonds is 6. The number of ether oxygens (including phenoxy) is 2. The van der Waals surface area contributed by atoms with Gasteiger partial charge in [0.1, 0.15) is 6.61 Å². The molecule has 0 radical (unpaired) electrons. The summed E-state index contributed by atoms with van der Waals surface area (Å²) in [5.74, 6) is -1.17. The zero-order chi connectivity index (χ0) is 17.8. The SMILES string of the molecule is CO[C@@H](CNC(=O)OCC1c2ccccc2-c2ccccc21)C(=O)O. The molecule has 1 aliphatic carbocycles. The number of carbonyl (C=O) groups excluding carboxylic acids is 1. The van der Waals surface area contributed by atoms with Crippen molar-refractivity contribution in [3.8, 4) is 11.1 Å². The lowest BCUT2D eigenvalue weighted by Crippen LogP contribution is -2.38. The quantitative estimate of drug-likeness (QED) is 0.844. The smallest absolute Gasteiger partial charge is 0.407 e. The lowest BCUT2D eigenvalue weighted by atomic mass is 9.98. The van der Waals surface area contributed by atoms with Crippen LogP contribution in [0.3, 0.4) is 0 Å². The van der Waals surface area contributed by atoms with Crippen LogP contribution in [0, 0.1) is 0 Å². The minimum absolute atomic E-state index is 0.0316. The maximum absolute atomic E-state index is 11.9. The summed E-state index contributed by atoms with van der Waals surface area (Å²) < 4.78 is 10.1. The number of hydrogen-bond donors (Lipinski definition) is 2. The number of nitrogens with one attached hydrogen (secondary N) is 1. The standard InChI is InChI=1S/C19H19NO5/c1-24-17(18(21)22)10-20-19(23)25-11-16-14-8-4-2-6-12(14)13-7-3-5-9-15(13)16/h2-9,16-17H,10-11H2,1H3,(H,20,23)(H,21,22)/t17-/m0/s1. The number of amides is 1. The second kappa shape index (κ2) is 7.36. The molecule has 1 atom stereocenters. The van der Waals surface area contributed by atoms with Crippen molar-refractivity contribution in [3.63, 3.8) is 0 Å². The maximum Gasteiger partial charge on any atom is 0.407 e. The molecular formula is C19H19NO5. The second-order valence-corrected chi connectivity index (χ2v) is 5.77. The fraction of sp³-hybridized carbons (Fsp3) is 0.263. The lowest BCUT2D eigenvalue weighted by molar-refractivity contribution is -0.148. The highest BCUT2D eigenvalue weighted by Crippen LogP contribution is 2.44. The largest absolute Gasteiger partial charge is 0.479 e. The molecule has 0 saturated carbocycles. The molecule has 6 heteroatoms. The van der Waals surface area contributed by atoms with Gasteiger partial charge in [-0.25, -0.2) is 9.59 Å². The summed E-state index contributed by atoms with van der Waals surface area (Å²) in [6, 6.07) is 16.1. The monoisotopic (exact) mass is 341 g/mol. The van der Waals surface area contributed by atoms with Crippen molar-refractivity contribution >= 4 is 12.1 Å². The van der Waals surface area contributed by atoms with E-state index in [1.54, 1.807) is 0 Å². The first-order valence-electron chi connectivity index (χ1n) is 7.96. The Morgan fingerprint density at radius 2 is 1.64 bits per heavy atom. The fourth-order valence-corrected chi connectivity index (χ4v) is 3.10. The molecule has 1 aliphatic rings. The van der Waals surface area contributed by atoms with Gasteiger partial charge in [-0.2, -0.15) is 0 Å². The molecule has 1 amide bonds. The molecule has 0 fully saturated rings. The third kappa shape index (κ3) is 3.49. The predicted molar refractivity (Wildman–Crippen MR) is 91.5 cm³/mol. The van der Waals surface area contributed by atoms with Crippen LogP contribution in [0.5, 0.6) is 0 Å². The number of carboxylic acid groups (broad SMARTS) is 1. The van der Waals surface area contributed by atoms with E-state index in [0.29, 0.717) is 0 Å². The lowest BCUT2D eigenvalue weighted by Gasteiger charge is -2.15. The van der Waals surface area contributed by atoms with Gasteiger partial charge in [-0.3, -0.25) is 0 Å². The van der Waals surface area contributed by atoms with Crippen molar-refractivity contribution in [1.29, 1.82) is 0 Å². The minimum Gasteiger partial charge on any atom is -0.479 e. The van der Waals surface area contributed by atoms with Crippen LogP contribution in [0.25, 0.3) is 11.1 Å². The zero-order valence-electron chi connectivity index (χ0n) is 13.8. The number of carboxylic acids is 1. The molecule has 0 aromatic heterocycles. The molecule has 0 unspecified atom stereocenters. The first kappa shape index (κ1) is 17.0. The van der Waals surface area contributed by atoms with Gasteiger partial charge >= 0.3 is 12.1 Å². The van der Waals surface area contributed by atoms with Crippen LogP contribution in [-0.2, 0) is 14.3 Å². The summed E-state index contributed by atoms with van der Waals surface area (Å²) in [6.07, 6.45) is -1.76. The summed E-state index contributed by atoms with van der Waals surface area (Å²) in [4.78, 5) is 22.8. The Bertz CT molecular complexity index is 743. The Labute approximate surface area is 145 Å². The molecule has 0 saturated heterocycles. The van der Waals surface area contributed by atoms with Crippen molar-refractivity contribution in [3.05, 3.63) is 59.7 Å². The van der Waals surface area contributed by atoms with Crippen LogP contribution < -0.4 is 5.32 Å².